The lowest BCUT2D eigenvalue weighted by Gasteiger charge is -2.18. The molecule has 1 unspecified atom stereocenters. The summed E-state index contributed by atoms with van der Waals surface area (Å²) in [7, 11) is 0. The van der Waals surface area contributed by atoms with E-state index < -0.39 is 0 Å². The molecule has 0 heterocycles. The van der Waals surface area contributed by atoms with E-state index in [1.54, 1.807) is 12.8 Å². The highest BCUT2D eigenvalue weighted by Gasteiger charge is 2.20. The topological polar surface area (TPSA) is 0 Å². The Morgan fingerprint density at radius 1 is 0.824 bits per heavy atom. The number of unbranched alkanes of at least 4 members (excludes halogenated alkanes) is 2. The number of hydrogen-bond donors (Lipinski definition) is 0. The van der Waals surface area contributed by atoms with Crippen LogP contribution in [0.2, 0.25) is 0 Å². The zero-order chi connectivity index (χ0) is 11.9. The fourth-order valence-corrected chi connectivity index (χ4v) is 4.14. The predicted octanol–water partition coefficient (Wildman–Crippen LogP) is 5.95. The van der Waals surface area contributed by atoms with Crippen LogP contribution in [0, 0.1) is 17.8 Å². The van der Waals surface area contributed by atoms with Crippen molar-refractivity contribution in [1.29, 1.82) is 0 Å². The van der Waals surface area contributed by atoms with Crippen LogP contribution in [0.5, 0.6) is 0 Å². The Kier molecular flexibility index (Phi) is 5.88. The Labute approximate surface area is 109 Å². The van der Waals surface area contributed by atoms with Gasteiger partial charge in [-0.15, -0.1) is 0 Å². The van der Waals surface area contributed by atoms with Gasteiger partial charge in [0.25, 0.3) is 0 Å². The molecule has 0 radical (unpaired) electrons. The predicted molar refractivity (Wildman–Crippen MR) is 76.2 cm³/mol. The standard InChI is InChI=1S/C17H32/c1-15(17-13-7-8-14-17)9-3-2-4-10-16-11-5-6-12-16/h15-17H,2-14H2,1H3. The third-order valence-corrected chi connectivity index (χ3v) is 5.45. The van der Waals surface area contributed by atoms with Gasteiger partial charge in [-0.05, 0) is 17.8 Å². The molecule has 0 N–H and O–H groups in total. The molecule has 0 amide bonds. The summed E-state index contributed by atoms with van der Waals surface area (Å²) in [6.45, 7) is 2.51. The fraction of sp³-hybridized carbons (Fsp3) is 1.00. The molecule has 2 fully saturated rings. The van der Waals surface area contributed by atoms with Gasteiger partial charge in [0.1, 0.15) is 0 Å². The van der Waals surface area contributed by atoms with Gasteiger partial charge in [-0.3, -0.25) is 0 Å². The van der Waals surface area contributed by atoms with Crippen LogP contribution in [0.15, 0.2) is 0 Å². The van der Waals surface area contributed by atoms with Crippen LogP contribution in [0.4, 0.5) is 0 Å². The highest BCUT2D eigenvalue weighted by Crippen LogP contribution is 2.34. The van der Waals surface area contributed by atoms with Crippen LogP contribution in [0.25, 0.3) is 0 Å². The normalized spacial score (nSPS) is 24.5. The van der Waals surface area contributed by atoms with Gasteiger partial charge in [0.2, 0.25) is 0 Å². The van der Waals surface area contributed by atoms with Crippen molar-refractivity contribution in [2.45, 2.75) is 90.4 Å². The molecule has 2 saturated carbocycles. The number of rotatable bonds is 7. The molecule has 17 heavy (non-hydrogen) atoms. The molecule has 0 aromatic heterocycles. The molecular formula is C17H32. The zero-order valence-corrected chi connectivity index (χ0v) is 11.9. The van der Waals surface area contributed by atoms with E-state index in [0.29, 0.717) is 0 Å². The van der Waals surface area contributed by atoms with E-state index >= 15 is 0 Å². The van der Waals surface area contributed by atoms with Crippen molar-refractivity contribution in [3.8, 4) is 0 Å². The molecule has 0 heteroatoms. The van der Waals surface area contributed by atoms with Gasteiger partial charge >= 0.3 is 0 Å². The van der Waals surface area contributed by atoms with Crippen LogP contribution in [-0.4, -0.2) is 0 Å². The molecule has 2 aliphatic carbocycles. The van der Waals surface area contributed by atoms with E-state index in [9.17, 15) is 0 Å². The summed E-state index contributed by atoms with van der Waals surface area (Å²) in [4.78, 5) is 0. The molecule has 0 aromatic rings. The molecule has 2 aliphatic rings. The third-order valence-electron chi connectivity index (χ3n) is 5.45. The van der Waals surface area contributed by atoms with Crippen LogP contribution >= 0.6 is 0 Å². The van der Waals surface area contributed by atoms with Gasteiger partial charge in [0.05, 0.1) is 0 Å². The highest BCUT2D eigenvalue weighted by molar-refractivity contribution is 4.73. The second-order valence-electron chi connectivity index (χ2n) is 6.81. The van der Waals surface area contributed by atoms with E-state index in [4.69, 9.17) is 0 Å². The van der Waals surface area contributed by atoms with E-state index in [0.717, 1.165) is 17.8 Å². The first-order valence-corrected chi connectivity index (χ1v) is 8.36. The molecule has 0 aliphatic heterocycles. The first-order valence-electron chi connectivity index (χ1n) is 8.36. The van der Waals surface area contributed by atoms with Crippen LogP contribution in [0.1, 0.15) is 90.4 Å². The molecule has 0 aromatic carbocycles. The highest BCUT2D eigenvalue weighted by atomic mass is 14.3. The van der Waals surface area contributed by atoms with Gasteiger partial charge in [0.15, 0.2) is 0 Å². The molecule has 0 nitrogen and oxygen atoms in total. The van der Waals surface area contributed by atoms with Crippen molar-refractivity contribution in [3.05, 3.63) is 0 Å². The van der Waals surface area contributed by atoms with Gasteiger partial charge in [-0.25, -0.2) is 0 Å². The largest absolute Gasteiger partial charge is 0.0622 e. The molecule has 0 saturated heterocycles. The molecule has 2 rings (SSSR count). The summed E-state index contributed by atoms with van der Waals surface area (Å²) >= 11 is 0. The van der Waals surface area contributed by atoms with Crippen LogP contribution in [-0.2, 0) is 0 Å². The van der Waals surface area contributed by atoms with Crippen molar-refractivity contribution >= 4 is 0 Å². The summed E-state index contributed by atoms with van der Waals surface area (Å²) in [6.07, 6.45) is 19.8. The van der Waals surface area contributed by atoms with Crippen molar-refractivity contribution in [1.82, 2.24) is 0 Å². The van der Waals surface area contributed by atoms with Crippen molar-refractivity contribution < 1.29 is 0 Å². The monoisotopic (exact) mass is 236 g/mol. The van der Waals surface area contributed by atoms with E-state index in [1.807, 2.05) is 0 Å². The average Bonchev–Trinajstić information content (AvgIpc) is 3.01. The molecular weight excluding hydrogens is 204 g/mol. The molecule has 1 atom stereocenters. The van der Waals surface area contributed by atoms with Crippen LogP contribution in [0.3, 0.4) is 0 Å². The summed E-state index contributed by atoms with van der Waals surface area (Å²) in [5, 5.41) is 0. The SMILES string of the molecule is CC(CCCCCC1CCCC1)C1CCCC1. The Morgan fingerprint density at radius 3 is 2.18 bits per heavy atom. The number of hydrogen-bond acceptors (Lipinski definition) is 0. The lowest BCUT2D eigenvalue weighted by Crippen LogP contribution is -2.07. The summed E-state index contributed by atoms with van der Waals surface area (Å²) in [5.74, 6) is 3.22. The quantitative estimate of drug-likeness (QED) is 0.479. The minimum absolute atomic E-state index is 1.02. The van der Waals surface area contributed by atoms with E-state index in [1.165, 1.54) is 70.6 Å². The van der Waals surface area contributed by atoms with E-state index in [-0.39, 0.29) is 0 Å². The van der Waals surface area contributed by atoms with Gasteiger partial charge in [-0.1, -0.05) is 90.4 Å². The first kappa shape index (κ1) is 13.4. The second-order valence-corrected chi connectivity index (χ2v) is 6.81. The molecule has 100 valence electrons. The minimum atomic E-state index is 1.02. The Morgan fingerprint density at radius 2 is 1.47 bits per heavy atom. The van der Waals surface area contributed by atoms with Crippen molar-refractivity contribution in [3.63, 3.8) is 0 Å². The Bertz CT molecular complexity index is 184. The lowest BCUT2D eigenvalue weighted by atomic mass is 9.88. The fourth-order valence-electron chi connectivity index (χ4n) is 4.14. The van der Waals surface area contributed by atoms with Crippen molar-refractivity contribution in [2.24, 2.45) is 17.8 Å². The minimum Gasteiger partial charge on any atom is -0.0622 e. The average molecular weight is 236 g/mol. The van der Waals surface area contributed by atoms with Gasteiger partial charge < -0.3 is 0 Å². The van der Waals surface area contributed by atoms with E-state index in [2.05, 4.69) is 6.92 Å². The summed E-state index contributed by atoms with van der Waals surface area (Å²) in [6, 6.07) is 0. The maximum Gasteiger partial charge on any atom is -0.0388 e. The van der Waals surface area contributed by atoms with Gasteiger partial charge in [0, 0.05) is 0 Å². The third kappa shape index (κ3) is 4.64. The molecule has 0 spiro atoms. The zero-order valence-electron chi connectivity index (χ0n) is 11.9. The lowest BCUT2D eigenvalue weighted by molar-refractivity contribution is 0.331. The maximum absolute atomic E-state index is 2.51. The van der Waals surface area contributed by atoms with Crippen LogP contribution < -0.4 is 0 Å². The first-order chi connectivity index (χ1) is 8.36. The smallest absolute Gasteiger partial charge is 0.0388 e. The van der Waals surface area contributed by atoms with Gasteiger partial charge in [-0.2, -0.15) is 0 Å². The summed E-state index contributed by atoms with van der Waals surface area (Å²) in [5.41, 5.74) is 0. The summed E-state index contributed by atoms with van der Waals surface area (Å²) < 4.78 is 0. The molecule has 0 bridgehead atoms. The van der Waals surface area contributed by atoms with Crippen molar-refractivity contribution in [2.75, 3.05) is 0 Å². The second kappa shape index (κ2) is 7.44. The maximum atomic E-state index is 2.51. The Hall–Kier alpha value is 0. The Balaban J connectivity index is 1.45.